The van der Waals surface area contributed by atoms with Crippen LogP contribution in [0.1, 0.15) is 21.7 Å². The van der Waals surface area contributed by atoms with Gasteiger partial charge in [0.1, 0.15) is 0 Å². The van der Waals surface area contributed by atoms with E-state index in [1.165, 1.54) is 0 Å². The summed E-state index contributed by atoms with van der Waals surface area (Å²) in [5.41, 5.74) is 3.70. The van der Waals surface area contributed by atoms with Gasteiger partial charge in [0.25, 0.3) is 5.91 Å². The Labute approximate surface area is 146 Å². The molecular formula is C17H22N6O2. The lowest BCUT2D eigenvalue weighted by molar-refractivity contribution is -0.116. The van der Waals surface area contributed by atoms with Crippen LogP contribution in [0.5, 0.6) is 0 Å². The van der Waals surface area contributed by atoms with Crippen molar-refractivity contribution in [2.45, 2.75) is 13.0 Å². The standard InChI is InChI=1S/C17H22N6O2/c1-23(2)10-15(24)19-11-3-5-12(6-4-11)20-17(25)16-13-9-18-8-7-14(13)21-22-16/h3-6,18H,7-10H2,1-2H3,(H,19,24)(H,20,25)(H,21,22). The average Bonchev–Trinajstić information content (AvgIpc) is 3.00. The van der Waals surface area contributed by atoms with Gasteiger partial charge < -0.3 is 20.9 Å². The van der Waals surface area contributed by atoms with Crippen molar-refractivity contribution in [1.29, 1.82) is 0 Å². The molecular weight excluding hydrogens is 320 g/mol. The third-order valence-electron chi connectivity index (χ3n) is 3.91. The minimum Gasteiger partial charge on any atom is -0.325 e. The fourth-order valence-electron chi connectivity index (χ4n) is 2.73. The molecule has 1 aromatic heterocycles. The van der Waals surface area contributed by atoms with Gasteiger partial charge in [0, 0.05) is 42.1 Å². The highest BCUT2D eigenvalue weighted by Crippen LogP contribution is 2.18. The summed E-state index contributed by atoms with van der Waals surface area (Å²) >= 11 is 0. The SMILES string of the molecule is CN(C)CC(=O)Nc1ccc(NC(=O)c2n[nH]c3c2CNCC3)cc1. The van der Waals surface area contributed by atoms with E-state index in [2.05, 4.69) is 26.1 Å². The van der Waals surface area contributed by atoms with Gasteiger partial charge in [-0.25, -0.2) is 0 Å². The third-order valence-corrected chi connectivity index (χ3v) is 3.91. The van der Waals surface area contributed by atoms with Crippen LogP contribution < -0.4 is 16.0 Å². The van der Waals surface area contributed by atoms with Gasteiger partial charge in [-0.15, -0.1) is 0 Å². The van der Waals surface area contributed by atoms with E-state index in [0.29, 0.717) is 30.2 Å². The molecule has 0 saturated heterocycles. The highest BCUT2D eigenvalue weighted by Gasteiger charge is 2.21. The van der Waals surface area contributed by atoms with Crippen LogP contribution in [-0.4, -0.2) is 54.1 Å². The van der Waals surface area contributed by atoms with E-state index in [4.69, 9.17) is 0 Å². The fourth-order valence-corrected chi connectivity index (χ4v) is 2.73. The number of H-pyrrole nitrogens is 1. The smallest absolute Gasteiger partial charge is 0.276 e. The highest BCUT2D eigenvalue weighted by atomic mass is 16.2. The molecule has 8 heteroatoms. The summed E-state index contributed by atoms with van der Waals surface area (Å²) in [6, 6.07) is 7.01. The molecule has 1 aliphatic rings. The minimum atomic E-state index is -0.245. The van der Waals surface area contributed by atoms with Crippen molar-refractivity contribution in [2.24, 2.45) is 0 Å². The van der Waals surface area contributed by atoms with Crippen LogP contribution in [0.25, 0.3) is 0 Å². The van der Waals surface area contributed by atoms with E-state index in [1.807, 2.05) is 14.1 Å². The number of hydrogen-bond acceptors (Lipinski definition) is 5. The third kappa shape index (κ3) is 4.23. The molecule has 2 aromatic rings. The largest absolute Gasteiger partial charge is 0.325 e. The molecule has 0 unspecified atom stereocenters. The van der Waals surface area contributed by atoms with E-state index in [0.717, 1.165) is 24.2 Å². The van der Waals surface area contributed by atoms with Crippen molar-refractivity contribution in [1.82, 2.24) is 20.4 Å². The Bertz CT molecular complexity index is 766. The maximum Gasteiger partial charge on any atom is 0.276 e. The number of amides is 2. The van der Waals surface area contributed by atoms with Crippen LogP contribution in [0.2, 0.25) is 0 Å². The predicted molar refractivity (Wildman–Crippen MR) is 95.6 cm³/mol. The summed E-state index contributed by atoms with van der Waals surface area (Å²) in [7, 11) is 3.67. The molecule has 2 heterocycles. The van der Waals surface area contributed by atoms with Gasteiger partial charge in [0.05, 0.1) is 6.54 Å². The minimum absolute atomic E-state index is 0.0857. The van der Waals surface area contributed by atoms with Crippen LogP contribution in [0.15, 0.2) is 24.3 Å². The Morgan fingerprint density at radius 1 is 1.16 bits per heavy atom. The second kappa shape index (κ2) is 7.45. The van der Waals surface area contributed by atoms with Crippen molar-refractivity contribution in [3.05, 3.63) is 41.2 Å². The van der Waals surface area contributed by atoms with E-state index >= 15 is 0 Å². The molecule has 0 radical (unpaired) electrons. The van der Waals surface area contributed by atoms with Crippen molar-refractivity contribution in [2.75, 3.05) is 37.8 Å². The Kier molecular flexibility index (Phi) is 5.11. The second-order valence-corrected chi connectivity index (χ2v) is 6.27. The first kappa shape index (κ1) is 17.1. The van der Waals surface area contributed by atoms with Crippen molar-refractivity contribution >= 4 is 23.2 Å². The molecule has 0 atom stereocenters. The Balaban J connectivity index is 1.62. The van der Waals surface area contributed by atoms with Crippen molar-refractivity contribution < 1.29 is 9.59 Å². The van der Waals surface area contributed by atoms with E-state index in [9.17, 15) is 9.59 Å². The number of aromatic amines is 1. The molecule has 0 aliphatic carbocycles. The van der Waals surface area contributed by atoms with Gasteiger partial charge in [-0.05, 0) is 38.4 Å². The number of hydrogen-bond donors (Lipinski definition) is 4. The van der Waals surface area contributed by atoms with Crippen LogP contribution in [0.4, 0.5) is 11.4 Å². The van der Waals surface area contributed by atoms with Crippen LogP contribution in [0.3, 0.4) is 0 Å². The number of rotatable bonds is 5. The van der Waals surface area contributed by atoms with E-state index in [-0.39, 0.29) is 11.8 Å². The molecule has 3 rings (SSSR count). The second-order valence-electron chi connectivity index (χ2n) is 6.27. The van der Waals surface area contributed by atoms with Gasteiger partial charge in [-0.2, -0.15) is 5.10 Å². The summed E-state index contributed by atoms with van der Waals surface area (Å²) in [5.74, 6) is -0.331. The van der Waals surface area contributed by atoms with Gasteiger partial charge in [-0.3, -0.25) is 14.7 Å². The number of benzene rings is 1. The molecule has 0 saturated carbocycles. The summed E-state index contributed by atoms with van der Waals surface area (Å²) < 4.78 is 0. The van der Waals surface area contributed by atoms with Crippen LogP contribution >= 0.6 is 0 Å². The number of carbonyl (C=O) groups excluding carboxylic acids is 2. The first-order valence-corrected chi connectivity index (χ1v) is 8.16. The van der Waals surface area contributed by atoms with Crippen LogP contribution in [-0.2, 0) is 17.8 Å². The summed E-state index contributed by atoms with van der Waals surface area (Å²) in [6.45, 7) is 1.85. The predicted octanol–water partition coefficient (Wildman–Crippen LogP) is 0.808. The zero-order valence-corrected chi connectivity index (χ0v) is 14.3. The molecule has 0 fully saturated rings. The van der Waals surface area contributed by atoms with Crippen molar-refractivity contribution in [3.8, 4) is 0 Å². The lowest BCUT2D eigenvalue weighted by Crippen LogP contribution is -2.27. The summed E-state index contributed by atoms with van der Waals surface area (Å²) in [4.78, 5) is 26.0. The lowest BCUT2D eigenvalue weighted by atomic mass is 10.1. The molecule has 2 amide bonds. The van der Waals surface area contributed by atoms with Crippen LogP contribution in [0, 0.1) is 0 Å². The Morgan fingerprint density at radius 2 is 1.84 bits per heavy atom. The Hall–Kier alpha value is -2.71. The zero-order chi connectivity index (χ0) is 17.8. The number of fused-ring (bicyclic) bond motifs is 1. The summed E-state index contributed by atoms with van der Waals surface area (Å²) in [5, 5.41) is 16.0. The lowest BCUT2D eigenvalue weighted by Gasteiger charge is -2.13. The van der Waals surface area contributed by atoms with Crippen molar-refractivity contribution in [3.63, 3.8) is 0 Å². The van der Waals surface area contributed by atoms with E-state index < -0.39 is 0 Å². The van der Waals surface area contributed by atoms with Gasteiger partial charge in [0.15, 0.2) is 5.69 Å². The maximum atomic E-state index is 12.4. The maximum absolute atomic E-state index is 12.4. The molecule has 132 valence electrons. The topological polar surface area (TPSA) is 102 Å². The number of aromatic nitrogens is 2. The van der Waals surface area contributed by atoms with E-state index in [1.54, 1.807) is 29.2 Å². The summed E-state index contributed by atoms with van der Waals surface area (Å²) in [6.07, 6.45) is 0.844. The number of nitrogens with zero attached hydrogens (tertiary/aromatic N) is 2. The fraction of sp³-hybridized carbons (Fsp3) is 0.353. The molecule has 25 heavy (non-hydrogen) atoms. The molecule has 8 nitrogen and oxygen atoms in total. The van der Waals surface area contributed by atoms with Gasteiger partial charge in [0.2, 0.25) is 5.91 Å². The normalized spacial score (nSPS) is 13.4. The molecule has 1 aliphatic heterocycles. The molecule has 1 aromatic carbocycles. The van der Waals surface area contributed by atoms with Gasteiger partial charge >= 0.3 is 0 Å². The number of likely N-dealkylation sites (N-methyl/N-ethyl adjacent to an activating group) is 1. The number of carbonyl (C=O) groups is 2. The molecule has 0 spiro atoms. The number of anilines is 2. The monoisotopic (exact) mass is 342 g/mol. The first-order chi connectivity index (χ1) is 12.0. The van der Waals surface area contributed by atoms with Gasteiger partial charge in [-0.1, -0.05) is 0 Å². The number of nitrogens with one attached hydrogen (secondary N) is 4. The zero-order valence-electron chi connectivity index (χ0n) is 14.3. The first-order valence-electron chi connectivity index (χ1n) is 8.16. The average molecular weight is 342 g/mol. The highest BCUT2D eigenvalue weighted by molar-refractivity contribution is 6.04. The molecule has 0 bridgehead atoms. The Morgan fingerprint density at radius 3 is 2.52 bits per heavy atom. The molecule has 4 N–H and O–H groups in total. The quantitative estimate of drug-likeness (QED) is 0.644.